The van der Waals surface area contributed by atoms with Gasteiger partial charge >= 0.3 is 6.18 Å². The molecule has 0 saturated carbocycles. The summed E-state index contributed by atoms with van der Waals surface area (Å²) in [5.74, 6) is -0.400. The summed E-state index contributed by atoms with van der Waals surface area (Å²) in [5.41, 5.74) is -0.0802. The van der Waals surface area contributed by atoms with Crippen LogP contribution in [0.4, 0.5) is 18.3 Å². The molecule has 1 amide bonds. The summed E-state index contributed by atoms with van der Waals surface area (Å²) in [7, 11) is 0. The summed E-state index contributed by atoms with van der Waals surface area (Å²) in [5, 5.41) is 4.37. The summed E-state index contributed by atoms with van der Waals surface area (Å²) < 4.78 is 43.8. The molecule has 2 heterocycles. The molecule has 9 heteroatoms. The van der Waals surface area contributed by atoms with Gasteiger partial charge in [0.2, 0.25) is 0 Å². The molecule has 24 heavy (non-hydrogen) atoms. The lowest BCUT2D eigenvalue weighted by atomic mass is 10.1. The van der Waals surface area contributed by atoms with E-state index in [4.69, 9.17) is 4.42 Å². The first-order valence-corrected chi connectivity index (χ1v) is 8.20. The monoisotopic (exact) mass is 416 g/mol. The third-order valence-electron chi connectivity index (χ3n) is 3.01. The highest BCUT2D eigenvalue weighted by Gasteiger charge is 2.30. The molecular formula is C15H8BrF3N2O2S. The van der Waals surface area contributed by atoms with Gasteiger partial charge in [0.15, 0.2) is 15.6 Å². The average molecular weight is 417 g/mol. The van der Waals surface area contributed by atoms with E-state index < -0.39 is 17.6 Å². The van der Waals surface area contributed by atoms with Gasteiger partial charge in [-0.2, -0.15) is 13.2 Å². The van der Waals surface area contributed by atoms with E-state index in [-0.39, 0.29) is 10.9 Å². The molecular weight excluding hydrogens is 409 g/mol. The highest BCUT2D eigenvalue weighted by atomic mass is 79.9. The minimum Gasteiger partial charge on any atom is -0.444 e. The second kappa shape index (κ2) is 6.40. The number of alkyl halides is 3. The Labute approximate surface area is 146 Å². The molecule has 0 aliphatic heterocycles. The van der Waals surface area contributed by atoms with Crippen LogP contribution in [0.15, 0.2) is 50.9 Å². The minimum atomic E-state index is -4.42. The van der Waals surface area contributed by atoms with E-state index in [9.17, 15) is 18.0 Å². The van der Waals surface area contributed by atoms with Gasteiger partial charge in [0.1, 0.15) is 0 Å². The van der Waals surface area contributed by atoms with E-state index in [1.807, 2.05) is 0 Å². The maximum absolute atomic E-state index is 12.8. The van der Waals surface area contributed by atoms with Crippen LogP contribution in [0.3, 0.4) is 0 Å². The number of carbonyl (C=O) groups is 1. The number of halogens is 4. The third-order valence-corrected chi connectivity index (χ3v) is 4.19. The summed E-state index contributed by atoms with van der Waals surface area (Å²) >= 11 is 4.20. The van der Waals surface area contributed by atoms with Crippen molar-refractivity contribution in [3.63, 3.8) is 0 Å². The molecule has 1 aromatic carbocycles. The van der Waals surface area contributed by atoms with Gasteiger partial charge in [-0.05, 0) is 40.2 Å². The third kappa shape index (κ3) is 3.68. The first-order valence-electron chi connectivity index (χ1n) is 6.53. The number of nitrogens with one attached hydrogen (secondary N) is 1. The average Bonchev–Trinajstić information content (AvgIpc) is 3.16. The van der Waals surface area contributed by atoms with E-state index >= 15 is 0 Å². The normalized spacial score (nSPS) is 11.5. The topological polar surface area (TPSA) is 55.1 Å². The second-order valence-electron chi connectivity index (χ2n) is 4.67. The molecule has 0 fully saturated rings. The fourth-order valence-corrected chi connectivity index (χ4v) is 2.93. The molecule has 0 bridgehead atoms. The van der Waals surface area contributed by atoms with Gasteiger partial charge in [-0.3, -0.25) is 10.1 Å². The van der Waals surface area contributed by atoms with Gasteiger partial charge < -0.3 is 4.42 Å². The first-order chi connectivity index (χ1) is 11.3. The molecule has 2 aromatic heterocycles. The number of furan rings is 1. The zero-order valence-electron chi connectivity index (χ0n) is 11.7. The number of thiazole rings is 1. The molecule has 0 spiro atoms. The van der Waals surface area contributed by atoms with Crippen LogP contribution >= 0.6 is 27.3 Å². The zero-order valence-corrected chi connectivity index (χ0v) is 14.1. The Bertz CT molecular complexity index is 889. The van der Waals surface area contributed by atoms with E-state index in [2.05, 4.69) is 26.2 Å². The van der Waals surface area contributed by atoms with Gasteiger partial charge in [-0.1, -0.05) is 12.1 Å². The van der Waals surface area contributed by atoms with Gasteiger partial charge in [-0.15, -0.1) is 11.3 Å². The lowest BCUT2D eigenvalue weighted by molar-refractivity contribution is -0.137. The van der Waals surface area contributed by atoms with Crippen molar-refractivity contribution in [1.29, 1.82) is 0 Å². The van der Waals surface area contributed by atoms with E-state index in [1.165, 1.54) is 18.2 Å². The molecule has 124 valence electrons. The molecule has 0 unspecified atom stereocenters. The SMILES string of the molecule is O=C(Nc1nc(-c2cccc(C(F)(F)F)c2)cs1)c1ccc(Br)o1. The van der Waals surface area contributed by atoms with Crippen molar-refractivity contribution in [2.45, 2.75) is 6.18 Å². The van der Waals surface area contributed by atoms with Crippen molar-refractivity contribution in [2.75, 3.05) is 5.32 Å². The highest BCUT2D eigenvalue weighted by molar-refractivity contribution is 9.10. The van der Waals surface area contributed by atoms with E-state index in [0.717, 1.165) is 23.5 Å². The largest absolute Gasteiger partial charge is 0.444 e. The van der Waals surface area contributed by atoms with Crippen LogP contribution in [0.2, 0.25) is 0 Å². The number of carbonyl (C=O) groups excluding carboxylic acids is 1. The summed E-state index contributed by atoms with van der Waals surface area (Å²) in [6.45, 7) is 0. The number of benzene rings is 1. The molecule has 1 N–H and O–H groups in total. The summed E-state index contributed by atoms with van der Waals surface area (Å²) in [4.78, 5) is 16.1. The minimum absolute atomic E-state index is 0.0951. The van der Waals surface area contributed by atoms with Crippen molar-refractivity contribution in [1.82, 2.24) is 4.98 Å². The molecule has 0 atom stereocenters. The standard InChI is InChI=1S/C15H8BrF3N2O2S/c16-12-5-4-11(23-12)13(22)21-14-20-10(7-24-14)8-2-1-3-9(6-8)15(17,18)19/h1-7H,(H,20,21,22). The number of aromatic nitrogens is 1. The Morgan fingerprint density at radius 1 is 1.25 bits per heavy atom. The summed E-state index contributed by atoms with van der Waals surface area (Å²) in [6.07, 6.45) is -4.42. The number of anilines is 1. The van der Waals surface area contributed by atoms with Gasteiger partial charge in [-0.25, -0.2) is 4.98 Å². The molecule has 4 nitrogen and oxygen atoms in total. The van der Waals surface area contributed by atoms with Crippen molar-refractivity contribution in [3.8, 4) is 11.3 Å². The Morgan fingerprint density at radius 2 is 2.04 bits per heavy atom. The van der Waals surface area contributed by atoms with E-state index in [0.29, 0.717) is 15.9 Å². The number of hydrogen-bond acceptors (Lipinski definition) is 4. The Morgan fingerprint density at radius 3 is 2.71 bits per heavy atom. The second-order valence-corrected chi connectivity index (χ2v) is 6.31. The molecule has 0 aliphatic rings. The number of rotatable bonds is 3. The number of amides is 1. The highest BCUT2D eigenvalue weighted by Crippen LogP contribution is 2.33. The van der Waals surface area contributed by atoms with E-state index in [1.54, 1.807) is 11.4 Å². The molecule has 0 aliphatic carbocycles. The maximum atomic E-state index is 12.8. The zero-order chi connectivity index (χ0) is 17.3. The molecule has 0 radical (unpaired) electrons. The Balaban J connectivity index is 1.80. The van der Waals surface area contributed by atoms with Gasteiger partial charge in [0.25, 0.3) is 5.91 Å². The quantitative estimate of drug-likeness (QED) is 0.618. The van der Waals surface area contributed by atoms with Crippen molar-refractivity contribution in [3.05, 3.63) is 57.8 Å². The predicted molar refractivity (Wildman–Crippen MR) is 86.9 cm³/mol. The lowest BCUT2D eigenvalue weighted by Crippen LogP contribution is -2.10. The van der Waals surface area contributed by atoms with Crippen molar-refractivity contribution in [2.24, 2.45) is 0 Å². The van der Waals surface area contributed by atoms with Crippen LogP contribution in [0.5, 0.6) is 0 Å². The number of hydrogen-bond donors (Lipinski definition) is 1. The lowest BCUT2D eigenvalue weighted by Gasteiger charge is -2.07. The van der Waals surface area contributed by atoms with Crippen LogP contribution in [0, 0.1) is 0 Å². The van der Waals surface area contributed by atoms with Crippen LogP contribution in [-0.4, -0.2) is 10.9 Å². The molecule has 3 aromatic rings. The fourth-order valence-electron chi connectivity index (χ4n) is 1.91. The van der Waals surface area contributed by atoms with Crippen LogP contribution in [0.25, 0.3) is 11.3 Å². The summed E-state index contributed by atoms with van der Waals surface area (Å²) in [6, 6.07) is 7.92. The fraction of sp³-hybridized carbons (Fsp3) is 0.0667. The van der Waals surface area contributed by atoms with Gasteiger partial charge in [0, 0.05) is 10.9 Å². The Kier molecular flexibility index (Phi) is 4.46. The van der Waals surface area contributed by atoms with Crippen molar-refractivity contribution >= 4 is 38.3 Å². The first kappa shape index (κ1) is 16.7. The van der Waals surface area contributed by atoms with Crippen LogP contribution in [-0.2, 0) is 6.18 Å². The van der Waals surface area contributed by atoms with Crippen molar-refractivity contribution < 1.29 is 22.4 Å². The van der Waals surface area contributed by atoms with Gasteiger partial charge in [0.05, 0.1) is 11.3 Å². The molecule has 3 rings (SSSR count). The maximum Gasteiger partial charge on any atom is 0.416 e. The molecule has 0 saturated heterocycles. The predicted octanol–water partition coefficient (Wildman–Crippen LogP) is 5.44. The number of nitrogens with zero attached hydrogens (tertiary/aromatic N) is 1. The van der Waals surface area contributed by atoms with Crippen LogP contribution < -0.4 is 5.32 Å². The Hall–Kier alpha value is -2.13. The smallest absolute Gasteiger partial charge is 0.416 e. The van der Waals surface area contributed by atoms with Crippen LogP contribution in [0.1, 0.15) is 16.1 Å².